The fraction of sp³-hybridized carbons (Fsp3) is 0.474. The first kappa shape index (κ1) is 18.7. The average molecular weight is 360 g/mol. The zero-order valence-electron chi connectivity index (χ0n) is 14.9. The lowest BCUT2D eigenvalue weighted by molar-refractivity contribution is -0.211. The largest absolute Gasteiger partial charge is 0.356 e. The maximum absolute atomic E-state index is 14.5. The Morgan fingerprint density at radius 3 is 2.73 bits per heavy atom. The van der Waals surface area contributed by atoms with Crippen LogP contribution in [-0.2, 0) is 11.3 Å². The summed E-state index contributed by atoms with van der Waals surface area (Å²) < 4.78 is 20.0. The molecule has 2 N–H and O–H groups in total. The summed E-state index contributed by atoms with van der Waals surface area (Å²) in [6.45, 7) is 3.52. The van der Waals surface area contributed by atoms with Gasteiger partial charge in [-0.05, 0) is 25.0 Å². The fourth-order valence-corrected chi connectivity index (χ4v) is 2.98. The summed E-state index contributed by atoms with van der Waals surface area (Å²) in [5.74, 6) is 0.364. The molecule has 0 radical (unpaired) electrons. The summed E-state index contributed by atoms with van der Waals surface area (Å²) >= 11 is 0. The van der Waals surface area contributed by atoms with Crippen LogP contribution in [0, 0.1) is 12.8 Å². The van der Waals surface area contributed by atoms with E-state index in [-0.39, 0.29) is 12.5 Å². The second-order valence-electron chi connectivity index (χ2n) is 6.64. The van der Waals surface area contributed by atoms with E-state index in [9.17, 15) is 9.50 Å². The van der Waals surface area contributed by atoms with Crippen LogP contribution in [-0.4, -0.2) is 52.2 Å². The Kier molecular flexibility index (Phi) is 6.49. The number of aliphatic hydroxyl groups is 1. The third kappa shape index (κ3) is 5.20. The van der Waals surface area contributed by atoms with E-state index in [0.29, 0.717) is 32.1 Å². The van der Waals surface area contributed by atoms with Crippen molar-refractivity contribution < 1.29 is 14.2 Å². The van der Waals surface area contributed by atoms with Crippen molar-refractivity contribution in [1.82, 2.24) is 14.9 Å². The zero-order chi connectivity index (χ0) is 18.4. The van der Waals surface area contributed by atoms with Gasteiger partial charge in [-0.3, -0.25) is 4.90 Å². The number of piperidine rings is 1. The van der Waals surface area contributed by atoms with Crippen LogP contribution in [0.4, 0.5) is 10.3 Å². The second-order valence-corrected chi connectivity index (χ2v) is 6.64. The van der Waals surface area contributed by atoms with Gasteiger partial charge in [0.2, 0.25) is 12.4 Å². The zero-order valence-corrected chi connectivity index (χ0v) is 14.9. The minimum atomic E-state index is -1.10. The Morgan fingerprint density at radius 1 is 1.31 bits per heavy atom. The van der Waals surface area contributed by atoms with E-state index in [2.05, 4.69) is 15.3 Å². The number of aromatic nitrogens is 2. The Hall–Kier alpha value is -2.09. The molecule has 7 heteroatoms. The van der Waals surface area contributed by atoms with E-state index in [4.69, 9.17) is 4.74 Å². The summed E-state index contributed by atoms with van der Waals surface area (Å²) in [7, 11) is 0. The standard InChI is InChI=1S/C19H25FN4O2/c1-14-3-5-15(6-4-14)13-26-19(25)24-10-7-16(17(20)12-24)11-23-18-21-8-2-9-22-18/h2-6,8-9,16-17,19,25H,7,10-13H2,1H3,(H,21,22,23)/t16-,17-,19?/m1/s1. The van der Waals surface area contributed by atoms with Crippen LogP contribution < -0.4 is 5.32 Å². The van der Waals surface area contributed by atoms with Gasteiger partial charge in [0.15, 0.2) is 0 Å². The molecule has 3 atom stereocenters. The van der Waals surface area contributed by atoms with Crippen LogP contribution in [0.3, 0.4) is 0 Å². The normalized spacial score (nSPS) is 22.1. The van der Waals surface area contributed by atoms with E-state index >= 15 is 0 Å². The Balaban J connectivity index is 1.43. The second kappa shape index (κ2) is 9.02. The smallest absolute Gasteiger partial charge is 0.222 e. The molecule has 140 valence electrons. The number of benzene rings is 1. The number of aryl methyl sites for hydroxylation is 1. The molecule has 0 bridgehead atoms. The summed E-state index contributed by atoms with van der Waals surface area (Å²) in [4.78, 5) is 9.78. The summed E-state index contributed by atoms with van der Waals surface area (Å²) in [6.07, 6.45) is 1.78. The van der Waals surface area contributed by atoms with Crippen LogP contribution in [0.1, 0.15) is 17.5 Å². The van der Waals surface area contributed by atoms with E-state index < -0.39 is 12.6 Å². The summed E-state index contributed by atoms with van der Waals surface area (Å²) in [6, 6.07) is 9.65. The molecule has 1 unspecified atom stereocenters. The summed E-state index contributed by atoms with van der Waals surface area (Å²) in [5, 5.41) is 13.3. The SMILES string of the molecule is Cc1ccc(COC(O)N2CC[C@H](CNc3ncccn3)[C@H](F)C2)cc1. The van der Waals surface area contributed by atoms with Crippen molar-refractivity contribution in [3.63, 3.8) is 0 Å². The third-order valence-corrected chi connectivity index (χ3v) is 4.63. The summed E-state index contributed by atoms with van der Waals surface area (Å²) in [5.41, 5.74) is 2.15. The van der Waals surface area contributed by atoms with Gasteiger partial charge in [-0.1, -0.05) is 29.8 Å². The number of likely N-dealkylation sites (tertiary alicyclic amines) is 1. The maximum atomic E-state index is 14.5. The first-order valence-corrected chi connectivity index (χ1v) is 8.86. The Labute approximate surface area is 153 Å². The van der Waals surface area contributed by atoms with Crippen molar-refractivity contribution in [2.75, 3.05) is 25.0 Å². The van der Waals surface area contributed by atoms with Crippen molar-refractivity contribution in [1.29, 1.82) is 0 Å². The number of nitrogens with zero attached hydrogens (tertiary/aromatic N) is 3. The topological polar surface area (TPSA) is 70.5 Å². The highest BCUT2D eigenvalue weighted by Gasteiger charge is 2.32. The Bertz CT molecular complexity index is 671. The third-order valence-electron chi connectivity index (χ3n) is 4.63. The van der Waals surface area contributed by atoms with Crippen molar-refractivity contribution in [3.05, 3.63) is 53.9 Å². The highest BCUT2D eigenvalue weighted by Crippen LogP contribution is 2.22. The Morgan fingerprint density at radius 2 is 2.04 bits per heavy atom. The number of hydrogen-bond acceptors (Lipinski definition) is 6. The number of alkyl halides is 1. The van der Waals surface area contributed by atoms with Crippen molar-refractivity contribution in [2.24, 2.45) is 5.92 Å². The fourth-order valence-electron chi connectivity index (χ4n) is 2.98. The molecule has 1 aromatic heterocycles. The van der Waals surface area contributed by atoms with E-state index in [1.165, 1.54) is 5.56 Å². The molecule has 1 aliphatic heterocycles. The van der Waals surface area contributed by atoms with Gasteiger partial charge in [-0.2, -0.15) is 0 Å². The number of ether oxygens (including phenoxy) is 1. The maximum Gasteiger partial charge on any atom is 0.222 e. The minimum absolute atomic E-state index is 0.139. The highest BCUT2D eigenvalue weighted by molar-refractivity contribution is 5.22. The van der Waals surface area contributed by atoms with Gasteiger partial charge in [0.1, 0.15) is 6.17 Å². The molecule has 0 spiro atoms. The van der Waals surface area contributed by atoms with Gasteiger partial charge >= 0.3 is 0 Å². The van der Waals surface area contributed by atoms with E-state index in [1.807, 2.05) is 31.2 Å². The first-order valence-electron chi connectivity index (χ1n) is 8.86. The molecule has 0 saturated carbocycles. The van der Waals surface area contributed by atoms with Gasteiger partial charge in [0.25, 0.3) is 0 Å². The van der Waals surface area contributed by atoms with Gasteiger partial charge < -0.3 is 15.2 Å². The molecule has 26 heavy (non-hydrogen) atoms. The number of halogens is 1. The van der Waals surface area contributed by atoms with Gasteiger partial charge in [-0.15, -0.1) is 0 Å². The molecule has 0 amide bonds. The predicted molar refractivity (Wildman–Crippen MR) is 97.1 cm³/mol. The van der Waals surface area contributed by atoms with Crippen molar-refractivity contribution >= 4 is 5.95 Å². The van der Waals surface area contributed by atoms with E-state index in [0.717, 1.165) is 5.56 Å². The van der Waals surface area contributed by atoms with Gasteiger partial charge in [-0.25, -0.2) is 14.4 Å². The minimum Gasteiger partial charge on any atom is -0.356 e. The van der Waals surface area contributed by atoms with Crippen LogP contribution in [0.15, 0.2) is 42.7 Å². The van der Waals surface area contributed by atoms with Gasteiger partial charge in [0.05, 0.1) is 6.61 Å². The number of aliphatic hydroxyl groups excluding tert-OH is 1. The molecule has 1 saturated heterocycles. The monoisotopic (exact) mass is 360 g/mol. The van der Waals surface area contributed by atoms with Crippen molar-refractivity contribution in [2.45, 2.75) is 32.5 Å². The van der Waals surface area contributed by atoms with E-state index in [1.54, 1.807) is 23.4 Å². The molecule has 2 aromatic rings. The number of anilines is 1. The molecule has 1 aromatic carbocycles. The average Bonchev–Trinajstić information content (AvgIpc) is 2.67. The highest BCUT2D eigenvalue weighted by atomic mass is 19.1. The van der Waals surface area contributed by atoms with Crippen LogP contribution >= 0.6 is 0 Å². The number of hydrogen-bond donors (Lipinski definition) is 2. The lowest BCUT2D eigenvalue weighted by atomic mass is 9.95. The predicted octanol–water partition coefficient (Wildman–Crippen LogP) is 2.35. The van der Waals surface area contributed by atoms with Crippen molar-refractivity contribution in [3.8, 4) is 0 Å². The van der Waals surface area contributed by atoms with Crippen LogP contribution in [0.5, 0.6) is 0 Å². The molecule has 1 aliphatic rings. The lowest BCUT2D eigenvalue weighted by Gasteiger charge is -2.36. The number of nitrogens with one attached hydrogen (secondary N) is 1. The molecule has 3 rings (SSSR count). The first-order chi connectivity index (χ1) is 12.6. The number of rotatable bonds is 7. The quantitative estimate of drug-likeness (QED) is 0.739. The van der Waals surface area contributed by atoms with Crippen LogP contribution in [0.2, 0.25) is 0 Å². The molecule has 2 heterocycles. The van der Waals surface area contributed by atoms with Crippen LogP contribution in [0.25, 0.3) is 0 Å². The molecular formula is C19H25FN4O2. The molecule has 1 fully saturated rings. The molecule has 6 nitrogen and oxygen atoms in total. The molecule has 0 aliphatic carbocycles. The lowest BCUT2D eigenvalue weighted by Crippen LogP contribution is -2.49. The molecular weight excluding hydrogens is 335 g/mol. The van der Waals surface area contributed by atoms with Gasteiger partial charge in [0, 0.05) is 37.9 Å².